The molecule has 3 N–H and O–H groups in total. The Kier molecular flexibility index (Phi) is 7.81. The molecule has 0 aromatic carbocycles. The van der Waals surface area contributed by atoms with Gasteiger partial charge in [-0.1, -0.05) is 0 Å². The maximum absolute atomic E-state index is 15.0. The molecule has 7 rings (SSSR count). The van der Waals surface area contributed by atoms with Gasteiger partial charge in [0.05, 0.1) is 48.2 Å². The van der Waals surface area contributed by atoms with E-state index in [1.165, 1.54) is 11.4 Å². The lowest BCUT2D eigenvalue weighted by Crippen LogP contribution is -2.61. The zero-order valence-corrected chi connectivity index (χ0v) is 23.3. The fourth-order valence-electron chi connectivity index (χ4n) is 5.89. The first-order chi connectivity index (χ1) is 20.7. The number of rotatable bonds is 12. The third-order valence-electron chi connectivity index (χ3n) is 8.46. The Bertz CT molecular complexity index is 1520. The molecule has 11 nitrogen and oxygen atoms in total. The van der Waals surface area contributed by atoms with E-state index in [9.17, 15) is 18.4 Å². The van der Waals surface area contributed by atoms with Gasteiger partial charge in [-0.05, 0) is 56.7 Å². The number of fused-ring (bicyclic) bond motifs is 5. The molecule has 0 atom stereocenters. The number of ether oxygens (including phenoxy) is 3. The molecule has 3 aliphatic heterocycles. The second kappa shape index (κ2) is 11.6. The van der Waals surface area contributed by atoms with Gasteiger partial charge in [-0.3, -0.25) is 19.9 Å². The quantitative estimate of drug-likeness (QED) is 0.211. The summed E-state index contributed by atoms with van der Waals surface area (Å²) in [7, 11) is 0. The van der Waals surface area contributed by atoms with Gasteiger partial charge in [0, 0.05) is 23.7 Å². The summed E-state index contributed by atoms with van der Waals surface area (Å²) < 4.78 is 59.2. The van der Waals surface area contributed by atoms with Gasteiger partial charge in [-0.25, -0.2) is 14.4 Å². The lowest BCUT2D eigenvalue weighted by Gasteiger charge is -2.53. The van der Waals surface area contributed by atoms with Crippen LogP contribution in [-0.2, 0) is 27.3 Å². The number of nitrogens with one attached hydrogen (secondary N) is 3. The molecule has 228 valence electrons. The second-order valence-electron chi connectivity index (χ2n) is 11.3. The third kappa shape index (κ3) is 6.34. The summed E-state index contributed by atoms with van der Waals surface area (Å²) in [6, 6.07) is 3.36. The van der Waals surface area contributed by atoms with Gasteiger partial charge >= 0.3 is 6.05 Å². The van der Waals surface area contributed by atoms with Crippen LogP contribution in [0.5, 0.6) is 11.6 Å². The van der Waals surface area contributed by atoms with Crippen LogP contribution in [-0.4, -0.2) is 64.3 Å². The highest BCUT2D eigenvalue weighted by Gasteiger charge is 2.49. The Hall–Kier alpha value is -4.04. The van der Waals surface area contributed by atoms with Gasteiger partial charge in [0.15, 0.2) is 18.2 Å². The van der Waals surface area contributed by atoms with Gasteiger partial charge in [0.1, 0.15) is 5.82 Å². The molecular formula is C29H31F3N6O5. The molecule has 3 fully saturated rings. The van der Waals surface area contributed by atoms with Crippen LogP contribution in [0.3, 0.4) is 0 Å². The Labute approximate surface area is 244 Å². The van der Waals surface area contributed by atoms with E-state index in [4.69, 9.17) is 14.2 Å². The largest absolute Gasteiger partial charge is 0.480 e. The van der Waals surface area contributed by atoms with Gasteiger partial charge < -0.3 is 24.8 Å². The van der Waals surface area contributed by atoms with Crippen molar-refractivity contribution < 1.29 is 37.0 Å². The van der Waals surface area contributed by atoms with Crippen molar-refractivity contribution in [3.63, 3.8) is 0 Å². The number of carbonyl (C=O) groups is 2. The lowest BCUT2D eigenvalue weighted by molar-refractivity contribution is -0.165. The Morgan fingerprint density at radius 2 is 1.98 bits per heavy atom. The summed E-state index contributed by atoms with van der Waals surface area (Å²) in [6.45, 7) is 0.605. The number of aryl methyl sites for hydroxylation is 1. The molecule has 6 heterocycles. The topological polar surface area (TPSA) is 137 Å². The minimum atomic E-state index is -3.41. The van der Waals surface area contributed by atoms with E-state index >= 15 is 4.39 Å². The molecule has 43 heavy (non-hydrogen) atoms. The first-order valence-corrected chi connectivity index (χ1v) is 14.1. The molecular weight excluding hydrogens is 569 g/mol. The first kappa shape index (κ1) is 29.1. The van der Waals surface area contributed by atoms with Crippen LogP contribution in [0.1, 0.15) is 49.8 Å². The van der Waals surface area contributed by atoms with Crippen molar-refractivity contribution in [1.29, 1.82) is 0 Å². The van der Waals surface area contributed by atoms with E-state index in [-0.39, 0.29) is 35.9 Å². The molecule has 14 heteroatoms. The highest BCUT2D eigenvalue weighted by Crippen LogP contribution is 2.46. The van der Waals surface area contributed by atoms with Crippen LogP contribution in [0, 0.1) is 5.82 Å². The molecule has 0 spiro atoms. The van der Waals surface area contributed by atoms with E-state index in [0.29, 0.717) is 54.2 Å². The minimum absolute atomic E-state index is 0.0173. The maximum atomic E-state index is 15.0. The SMILES string of the molecule is O=CNC(F)(F)CCOc1ccc2ncc(F)c(CCC34CCC(NCc5ccc6c(n5)NC(=O)CO6)(CC3)CO4)c2n1. The summed E-state index contributed by atoms with van der Waals surface area (Å²) in [5.74, 6) is 0.303. The van der Waals surface area contributed by atoms with Crippen molar-refractivity contribution in [2.75, 3.05) is 25.1 Å². The Morgan fingerprint density at radius 1 is 1.14 bits per heavy atom. The highest BCUT2D eigenvalue weighted by atomic mass is 19.3. The molecule has 2 amide bonds. The summed E-state index contributed by atoms with van der Waals surface area (Å²) >= 11 is 0. The summed E-state index contributed by atoms with van der Waals surface area (Å²) in [5, 5.41) is 7.78. The van der Waals surface area contributed by atoms with E-state index < -0.39 is 24.9 Å². The van der Waals surface area contributed by atoms with Gasteiger partial charge in [0.2, 0.25) is 12.3 Å². The molecule has 3 aromatic rings. The van der Waals surface area contributed by atoms with Crippen molar-refractivity contribution >= 4 is 29.2 Å². The van der Waals surface area contributed by atoms with Gasteiger partial charge in [-0.15, -0.1) is 0 Å². The predicted octanol–water partition coefficient (Wildman–Crippen LogP) is 3.41. The number of nitrogens with zero attached hydrogens (tertiary/aromatic N) is 3. The fourth-order valence-corrected chi connectivity index (χ4v) is 5.89. The second-order valence-corrected chi connectivity index (χ2v) is 11.3. The minimum Gasteiger partial charge on any atom is -0.480 e. The van der Waals surface area contributed by atoms with Crippen LogP contribution >= 0.6 is 0 Å². The Morgan fingerprint density at radius 3 is 2.74 bits per heavy atom. The number of hydrogen-bond donors (Lipinski definition) is 3. The lowest BCUT2D eigenvalue weighted by atomic mass is 9.69. The highest BCUT2D eigenvalue weighted by molar-refractivity contribution is 5.94. The number of pyridine rings is 3. The van der Waals surface area contributed by atoms with Crippen LogP contribution in [0.15, 0.2) is 30.5 Å². The number of amides is 2. The number of halogens is 3. The van der Waals surface area contributed by atoms with Crippen LogP contribution < -0.4 is 25.4 Å². The average Bonchev–Trinajstić information content (AvgIpc) is 3.00. The monoisotopic (exact) mass is 600 g/mol. The number of alkyl halides is 2. The van der Waals surface area contributed by atoms with Crippen LogP contribution in [0.4, 0.5) is 19.0 Å². The molecule has 1 aliphatic carbocycles. The number of anilines is 1. The molecule has 1 saturated carbocycles. The van der Waals surface area contributed by atoms with E-state index in [0.717, 1.165) is 37.6 Å². The molecule has 0 radical (unpaired) electrons. The van der Waals surface area contributed by atoms with E-state index in [1.807, 2.05) is 6.07 Å². The molecule has 2 bridgehead atoms. The summed E-state index contributed by atoms with van der Waals surface area (Å²) in [6.07, 6.45) is 4.67. The zero-order chi connectivity index (χ0) is 30.1. The van der Waals surface area contributed by atoms with Crippen molar-refractivity contribution in [2.24, 2.45) is 0 Å². The summed E-state index contributed by atoms with van der Waals surface area (Å²) in [5.41, 5.74) is 1.35. The van der Waals surface area contributed by atoms with Crippen molar-refractivity contribution in [2.45, 2.75) is 68.7 Å². The molecule has 3 aromatic heterocycles. The van der Waals surface area contributed by atoms with Crippen molar-refractivity contribution in [3.05, 3.63) is 47.5 Å². The van der Waals surface area contributed by atoms with Crippen LogP contribution in [0.2, 0.25) is 0 Å². The number of carbonyl (C=O) groups excluding carboxylic acids is 2. The Balaban J connectivity index is 1.07. The molecule has 2 saturated heterocycles. The van der Waals surface area contributed by atoms with Crippen molar-refractivity contribution in [1.82, 2.24) is 25.6 Å². The van der Waals surface area contributed by atoms with E-state index in [1.54, 1.807) is 12.1 Å². The fraction of sp³-hybridized carbons (Fsp3) is 0.483. The molecule has 4 aliphatic rings. The smallest absolute Gasteiger partial charge is 0.328 e. The molecule has 0 unspecified atom stereocenters. The average molecular weight is 601 g/mol. The first-order valence-electron chi connectivity index (χ1n) is 14.1. The third-order valence-corrected chi connectivity index (χ3v) is 8.46. The standard InChI is InChI=1S/C29H31F3N6O5/c30-20-14-33-21-2-4-24(41-12-11-29(31,32)35-17-39)38-25(21)19(20)5-6-28-9-7-27(8-10-28,16-43-28)34-13-18-1-3-22-26(36-18)37-23(40)15-42-22/h1-4,14,17,34H,5-13,15-16H2,(H,35,39)(H,36,37,40). The van der Waals surface area contributed by atoms with Crippen molar-refractivity contribution in [3.8, 4) is 11.6 Å². The van der Waals surface area contributed by atoms with Crippen LogP contribution in [0.25, 0.3) is 11.0 Å². The number of aromatic nitrogens is 3. The summed E-state index contributed by atoms with van der Waals surface area (Å²) in [4.78, 5) is 35.0. The number of hydrogen-bond acceptors (Lipinski definition) is 9. The normalized spacial score (nSPS) is 22.9. The van der Waals surface area contributed by atoms with Gasteiger partial charge in [-0.2, -0.15) is 8.78 Å². The zero-order valence-electron chi connectivity index (χ0n) is 23.3. The van der Waals surface area contributed by atoms with Gasteiger partial charge in [0.25, 0.3) is 5.91 Å². The maximum Gasteiger partial charge on any atom is 0.328 e. The van der Waals surface area contributed by atoms with E-state index in [2.05, 4.69) is 25.6 Å². The predicted molar refractivity (Wildman–Crippen MR) is 147 cm³/mol.